The van der Waals surface area contributed by atoms with Crippen molar-refractivity contribution in [2.45, 2.75) is 12.5 Å². The molecule has 0 bridgehead atoms. The number of hydrogen-bond acceptors (Lipinski definition) is 7. The van der Waals surface area contributed by atoms with Gasteiger partial charge in [-0.1, -0.05) is 11.6 Å². The molecule has 0 aromatic rings. The third-order valence-electron chi connectivity index (χ3n) is 1.88. The van der Waals surface area contributed by atoms with Crippen molar-refractivity contribution in [2.24, 2.45) is 0 Å². The highest BCUT2D eigenvalue weighted by Gasteiger charge is 2.06. The Morgan fingerprint density at radius 1 is 0.900 bits per heavy atom. The quantitative estimate of drug-likeness (QED) is 0.289. The van der Waals surface area contributed by atoms with Crippen molar-refractivity contribution in [3.8, 4) is 0 Å². The zero-order valence-corrected chi connectivity index (χ0v) is 12.7. The molecule has 0 heterocycles. The first-order valence-electron chi connectivity index (χ1n) is 6.36. The molecule has 0 N–H and O–H groups in total. The highest BCUT2D eigenvalue weighted by atomic mass is 35.5. The molecule has 0 aliphatic carbocycles. The Morgan fingerprint density at radius 3 is 1.80 bits per heavy atom. The topological polar surface area (TPSA) is 72.5 Å². The lowest BCUT2D eigenvalue weighted by Gasteiger charge is -2.08. The molecule has 1 atom stereocenters. The number of methoxy groups -OCH3 is 1. The second-order valence-electron chi connectivity index (χ2n) is 3.59. The summed E-state index contributed by atoms with van der Waals surface area (Å²) in [6.07, 6.45) is -0.805. The van der Waals surface area contributed by atoms with Gasteiger partial charge in [0.1, 0.15) is 6.61 Å². The van der Waals surface area contributed by atoms with Crippen LogP contribution >= 0.6 is 11.6 Å². The fraction of sp³-hybridized carbons (Fsp3) is 0.917. The van der Waals surface area contributed by atoms with E-state index < -0.39 is 11.7 Å². The Balaban J connectivity index is 3.08. The molecule has 0 aromatic carbocycles. The van der Waals surface area contributed by atoms with E-state index in [1.807, 2.05) is 0 Å². The maximum atomic E-state index is 10.9. The molecule has 7 nitrogen and oxygen atoms in total. The van der Waals surface area contributed by atoms with Gasteiger partial charge in [0.05, 0.1) is 46.2 Å². The van der Waals surface area contributed by atoms with Crippen LogP contribution < -0.4 is 0 Å². The van der Waals surface area contributed by atoms with Crippen LogP contribution in [-0.4, -0.2) is 71.7 Å². The van der Waals surface area contributed by atoms with E-state index in [2.05, 4.69) is 4.74 Å². The van der Waals surface area contributed by atoms with Crippen LogP contribution in [0.5, 0.6) is 0 Å². The third-order valence-corrected chi connectivity index (χ3v) is 1.97. The summed E-state index contributed by atoms with van der Waals surface area (Å²) in [6.45, 7) is 4.95. The second-order valence-corrected chi connectivity index (χ2v) is 4.20. The first-order valence-corrected chi connectivity index (χ1v) is 6.80. The van der Waals surface area contributed by atoms with Gasteiger partial charge in [-0.2, -0.15) is 0 Å². The molecule has 120 valence electrons. The molecule has 0 aliphatic heterocycles. The van der Waals surface area contributed by atoms with Crippen molar-refractivity contribution in [1.29, 1.82) is 0 Å². The van der Waals surface area contributed by atoms with Crippen LogP contribution in [0, 0.1) is 0 Å². The van der Waals surface area contributed by atoms with Crippen molar-refractivity contribution < 1.29 is 33.2 Å². The van der Waals surface area contributed by atoms with Crippen molar-refractivity contribution in [3.63, 3.8) is 0 Å². The maximum Gasteiger partial charge on any atom is 0.509 e. The lowest BCUT2D eigenvalue weighted by molar-refractivity contribution is -0.00914. The van der Waals surface area contributed by atoms with Gasteiger partial charge >= 0.3 is 6.16 Å². The van der Waals surface area contributed by atoms with Crippen LogP contribution in [0.3, 0.4) is 0 Å². The Kier molecular flexibility index (Phi) is 14.4. The minimum atomic E-state index is -0.805. The third kappa shape index (κ3) is 15.5. The summed E-state index contributed by atoms with van der Waals surface area (Å²) in [7, 11) is 1.62. The van der Waals surface area contributed by atoms with Gasteiger partial charge in [-0.3, -0.25) is 0 Å². The number of ether oxygens (including phenoxy) is 6. The predicted octanol–water partition coefficient (Wildman–Crippen LogP) is 1.42. The molecule has 0 aliphatic rings. The molecule has 20 heavy (non-hydrogen) atoms. The van der Waals surface area contributed by atoms with E-state index in [4.69, 9.17) is 35.3 Å². The van der Waals surface area contributed by atoms with Gasteiger partial charge in [-0.25, -0.2) is 4.79 Å². The van der Waals surface area contributed by atoms with Crippen LogP contribution in [0.25, 0.3) is 0 Å². The van der Waals surface area contributed by atoms with E-state index >= 15 is 0 Å². The van der Waals surface area contributed by atoms with E-state index in [1.165, 1.54) is 6.92 Å². The Hall–Kier alpha value is -0.600. The van der Waals surface area contributed by atoms with E-state index in [-0.39, 0.29) is 13.2 Å². The van der Waals surface area contributed by atoms with Crippen molar-refractivity contribution >= 4 is 17.8 Å². The van der Waals surface area contributed by atoms with Crippen LogP contribution in [0.2, 0.25) is 0 Å². The molecule has 0 unspecified atom stereocenters. The summed E-state index contributed by atoms with van der Waals surface area (Å²) in [5, 5.41) is 0. The van der Waals surface area contributed by atoms with Gasteiger partial charge in [0, 0.05) is 7.11 Å². The van der Waals surface area contributed by atoms with Gasteiger partial charge in [-0.05, 0) is 6.92 Å². The Labute approximate surface area is 124 Å². The zero-order chi connectivity index (χ0) is 15.1. The summed E-state index contributed by atoms with van der Waals surface area (Å²) in [4.78, 5) is 10.9. The van der Waals surface area contributed by atoms with Crippen LogP contribution in [0.4, 0.5) is 4.79 Å². The fourth-order valence-electron chi connectivity index (χ4n) is 1.03. The summed E-state index contributed by atoms with van der Waals surface area (Å²) in [5.74, 6) is 0. The van der Waals surface area contributed by atoms with Crippen molar-refractivity contribution in [3.05, 3.63) is 0 Å². The number of hydrogen-bond donors (Lipinski definition) is 0. The molecular formula is C12H23ClO7. The molecule has 8 heteroatoms. The molecule has 0 saturated heterocycles. The average molecular weight is 315 g/mol. The van der Waals surface area contributed by atoms with E-state index in [9.17, 15) is 4.79 Å². The molecule has 0 rings (SSSR count). The van der Waals surface area contributed by atoms with Gasteiger partial charge in [-0.15, -0.1) is 0 Å². The predicted molar refractivity (Wildman–Crippen MR) is 72.1 cm³/mol. The highest BCUT2D eigenvalue weighted by molar-refractivity contribution is 6.19. The van der Waals surface area contributed by atoms with Crippen LogP contribution in [0.15, 0.2) is 0 Å². The normalized spacial score (nSPS) is 12.2. The maximum absolute atomic E-state index is 10.9. The van der Waals surface area contributed by atoms with Gasteiger partial charge in [0.15, 0.2) is 5.56 Å². The first kappa shape index (κ1) is 19.4. The lowest BCUT2D eigenvalue weighted by atomic mass is 10.7. The SMILES string of the molecule is COCCOCCOCCOCCOC(=O)O[C@H](C)Cl. The van der Waals surface area contributed by atoms with Gasteiger partial charge < -0.3 is 28.4 Å². The van der Waals surface area contributed by atoms with Gasteiger partial charge in [0.2, 0.25) is 0 Å². The molecule has 0 fully saturated rings. The Bertz CT molecular complexity index is 226. The Morgan fingerprint density at radius 2 is 1.35 bits per heavy atom. The number of halogens is 1. The standard InChI is InChI=1S/C12H23ClO7/c1-11(13)20-12(14)19-10-9-18-8-7-17-6-5-16-4-3-15-2/h11H,3-10H2,1-2H3/t11-/m1/s1. The molecule has 0 radical (unpaired) electrons. The monoisotopic (exact) mass is 314 g/mol. The van der Waals surface area contributed by atoms with E-state index in [1.54, 1.807) is 7.11 Å². The van der Waals surface area contributed by atoms with Gasteiger partial charge in [0.25, 0.3) is 0 Å². The zero-order valence-electron chi connectivity index (χ0n) is 12.0. The lowest BCUT2D eigenvalue weighted by Crippen LogP contribution is -2.16. The highest BCUT2D eigenvalue weighted by Crippen LogP contribution is 1.98. The van der Waals surface area contributed by atoms with Crippen LogP contribution in [-0.2, 0) is 28.4 Å². The summed E-state index contributed by atoms with van der Waals surface area (Å²) >= 11 is 5.44. The van der Waals surface area contributed by atoms with E-state index in [0.29, 0.717) is 39.6 Å². The second kappa shape index (κ2) is 14.8. The number of rotatable bonds is 13. The minimum absolute atomic E-state index is 0.114. The van der Waals surface area contributed by atoms with Crippen molar-refractivity contribution in [2.75, 3.05) is 60.0 Å². The van der Waals surface area contributed by atoms with Crippen molar-refractivity contribution in [1.82, 2.24) is 0 Å². The first-order chi connectivity index (χ1) is 9.66. The smallest absolute Gasteiger partial charge is 0.432 e. The average Bonchev–Trinajstić information content (AvgIpc) is 2.39. The molecule has 0 saturated carbocycles. The molecule has 0 amide bonds. The number of alkyl halides is 1. The molecule has 0 aromatic heterocycles. The van der Waals surface area contributed by atoms with Crippen LogP contribution in [0.1, 0.15) is 6.92 Å². The summed E-state index contributed by atoms with van der Waals surface area (Å²) in [5.41, 5.74) is -0.706. The fourth-order valence-corrected chi connectivity index (χ4v) is 1.11. The minimum Gasteiger partial charge on any atom is -0.432 e. The summed E-state index contributed by atoms with van der Waals surface area (Å²) < 4.78 is 29.7. The van der Waals surface area contributed by atoms with E-state index in [0.717, 1.165) is 0 Å². The molecule has 0 spiro atoms. The number of carbonyl (C=O) groups is 1. The number of carbonyl (C=O) groups excluding carboxylic acids is 1. The largest absolute Gasteiger partial charge is 0.509 e. The molecular weight excluding hydrogens is 292 g/mol. The summed E-state index contributed by atoms with van der Waals surface area (Å²) in [6, 6.07) is 0.